The molecule has 42 heavy (non-hydrogen) atoms. The first kappa shape index (κ1) is 45.0. The minimum Gasteiger partial charge on any atom is -0.769 e. The maximum atomic E-state index is 13.6. The molecule has 0 radical (unpaired) electrons. The molecule has 19 heteroatoms. The van der Waals surface area contributed by atoms with Gasteiger partial charge in [0.2, 0.25) is 0 Å². The van der Waals surface area contributed by atoms with Crippen molar-refractivity contribution in [2.24, 2.45) is 5.16 Å². The molecule has 0 amide bonds. The predicted octanol–water partition coefficient (Wildman–Crippen LogP) is 5.68. The quantitative estimate of drug-likeness (QED) is 0.0720. The maximum Gasteiger partial charge on any atom is 1.00 e. The van der Waals surface area contributed by atoms with Crippen molar-refractivity contribution < 1.29 is 79.1 Å². The van der Waals surface area contributed by atoms with Crippen LogP contribution in [0.15, 0.2) is 52.1 Å². The third-order valence-electron chi connectivity index (χ3n) is 3.86. The van der Waals surface area contributed by atoms with Crippen LogP contribution in [0.3, 0.4) is 0 Å². The molecule has 3 rings (SSSR count). The van der Waals surface area contributed by atoms with Crippen LogP contribution in [0.25, 0.3) is 11.3 Å². The molecule has 228 valence electrons. The summed E-state index contributed by atoms with van der Waals surface area (Å²) in [6.07, 6.45) is -3.79. The summed E-state index contributed by atoms with van der Waals surface area (Å²) in [5.41, 5.74) is -2.30. The zero-order valence-corrected chi connectivity index (χ0v) is 26.7. The summed E-state index contributed by atoms with van der Waals surface area (Å²) in [4.78, 5) is 0. The number of rotatable bonds is 3. The minimum absolute atomic E-state index is 0. The molecule has 0 saturated carbocycles. The largest absolute Gasteiger partial charge is 1.00 e. The third kappa shape index (κ3) is 17.6. The van der Waals surface area contributed by atoms with Crippen LogP contribution >= 0.6 is 58.3 Å². The van der Waals surface area contributed by atoms with Gasteiger partial charge in [-0.1, -0.05) is 16.2 Å². The number of nitrogens with zero attached hydrogens (tertiary/aromatic N) is 2. The Kier molecular flexibility index (Phi) is 25.6. The van der Waals surface area contributed by atoms with Crippen LogP contribution in [0.5, 0.6) is 0 Å². The number of benzene rings is 2. The van der Waals surface area contributed by atoms with E-state index in [-0.39, 0.29) is 57.6 Å². The smallest absolute Gasteiger partial charge is 0.769 e. The molecule has 0 atom stereocenters. The first-order valence-electron chi connectivity index (χ1n) is 9.89. The molecule has 2 aromatic carbocycles. The Bertz CT molecular complexity index is 1240. The molecule has 0 aliphatic carbocycles. The van der Waals surface area contributed by atoms with Crippen LogP contribution in [0, 0.1) is 24.0 Å². The van der Waals surface area contributed by atoms with Crippen LogP contribution in [-0.4, -0.2) is 27.8 Å². The standard InChI is InChI=1S/C11H6ClF4NO.C8H5F4NO.C3H3Cl.CH2Cl2.ClO.Na/c12-5-7-4-10(17-18-7)8-2-1-6(3-9(8)13)11(14,15)16;9-7-3-6(8(10,11)12)2-1-5(7)4-13-14;1-2-3-4;2-1-3;1-2;/h1-4H,5H2;1-4,14H;1H,3H2;1H2;;/q;;;;-1;+1/b;13-4+;;;;. The van der Waals surface area contributed by atoms with Crippen molar-refractivity contribution in [2.75, 3.05) is 11.2 Å². The summed E-state index contributed by atoms with van der Waals surface area (Å²) >= 11 is 23.3. The molecule has 0 bridgehead atoms. The van der Waals surface area contributed by atoms with E-state index in [0.717, 1.165) is 24.4 Å². The monoisotopic (exact) mass is 718 g/mol. The van der Waals surface area contributed by atoms with E-state index in [1.807, 2.05) is 0 Å². The van der Waals surface area contributed by atoms with Gasteiger partial charge < -0.3 is 14.4 Å². The van der Waals surface area contributed by atoms with E-state index in [9.17, 15) is 35.1 Å². The van der Waals surface area contributed by atoms with Gasteiger partial charge in [-0.05, 0) is 36.4 Å². The molecule has 0 aliphatic heterocycles. The topological polar surface area (TPSA) is 81.7 Å². The van der Waals surface area contributed by atoms with E-state index < -0.39 is 35.1 Å². The molecular formula is C23H16Cl5F8N2NaO3. The average Bonchev–Trinajstić information content (AvgIpc) is 3.40. The molecule has 0 saturated heterocycles. The summed E-state index contributed by atoms with van der Waals surface area (Å²) in [6.45, 7) is 0. The Labute approximate surface area is 281 Å². The zero-order chi connectivity index (χ0) is 32.2. The van der Waals surface area contributed by atoms with Gasteiger partial charge in [0.15, 0.2) is 5.76 Å². The molecule has 1 N–H and O–H groups in total. The molecule has 5 nitrogen and oxygen atoms in total. The first-order valence-corrected chi connectivity index (χ1v) is 12.3. The van der Waals surface area contributed by atoms with Crippen LogP contribution in [-0.2, 0) is 18.2 Å². The van der Waals surface area contributed by atoms with Gasteiger partial charge in [-0.2, -0.15) is 26.3 Å². The van der Waals surface area contributed by atoms with Crippen molar-refractivity contribution in [3.05, 3.63) is 76.5 Å². The Morgan fingerprint density at radius 3 is 1.69 bits per heavy atom. The fourth-order valence-corrected chi connectivity index (χ4v) is 2.40. The Morgan fingerprint density at radius 1 is 0.905 bits per heavy atom. The summed E-state index contributed by atoms with van der Waals surface area (Å²) in [5, 5.41) is 14.3. The molecule has 0 aliphatic rings. The van der Waals surface area contributed by atoms with Crippen molar-refractivity contribution in [3.63, 3.8) is 0 Å². The number of hydrogen-bond donors (Lipinski definition) is 1. The van der Waals surface area contributed by atoms with Gasteiger partial charge >= 0.3 is 41.9 Å². The van der Waals surface area contributed by atoms with E-state index in [0.29, 0.717) is 29.8 Å². The number of aromatic nitrogens is 1. The predicted molar refractivity (Wildman–Crippen MR) is 139 cm³/mol. The second kappa shape index (κ2) is 23.9. The number of terminal acetylenes is 1. The summed E-state index contributed by atoms with van der Waals surface area (Å²) in [6, 6.07) is 5.53. The Balaban J connectivity index is -0.000000564. The molecule has 3 aromatic rings. The van der Waals surface area contributed by atoms with Gasteiger partial charge in [0.25, 0.3) is 0 Å². The van der Waals surface area contributed by atoms with Gasteiger partial charge in [-0.25, -0.2) is 20.6 Å². The number of oxime groups is 1. The number of hydrogen-bond acceptors (Lipinski definition) is 5. The first-order chi connectivity index (χ1) is 19.2. The third-order valence-corrected chi connectivity index (χ3v) is 4.28. The van der Waals surface area contributed by atoms with Gasteiger partial charge in [-0.3, -0.25) is 0 Å². The Morgan fingerprint density at radius 2 is 1.36 bits per heavy atom. The van der Waals surface area contributed by atoms with Crippen molar-refractivity contribution in [1.82, 2.24) is 5.16 Å². The van der Waals surface area contributed by atoms with E-state index in [1.54, 1.807) is 0 Å². The van der Waals surface area contributed by atoms with E-state index >= 15 is 0 Å². The second-order valence-electron chi connectivity index (χ2n) is 6.42. The fraction of sp³-hybridized carbons (Fsp3) is 0.217. The molecular weight excluding hydrogens is 705 g/mol. The molecule has 0 unspecified atom stereocenters. The zero-order valence-electron chi connectivity index (χ0n) is 20.9. The van der Waals surface area contributed by atoms with E-state index in [1.165, 1.54) is 6.07 Å². The van der Waals surface area contributed by atoms with Crippen LogP contribution < -0.4 is 34.2 Å². The number of halogens is 13. The summed E-state index contributed by atoms with van der Waals surface area (Å²) in [5.74, 6) is 0.777. The molecule has 0 fully saturated rings. The maximum absolute atomic E-state index is 13.6. The van der Waals surface area contributed by atoms with Crippen LogP contribution in [0.1, 0.15) is 22.5 Å². The summed E-state index contributed by atoms with van der Waals surface area (Å²) < 4.78 is 112. The van der Waals surface area contributed by atoms with Crippen LogP contribution in [0.4, 0.5) is 35.1 Å². The van der Waals surface area contributed by atoms with Gasteiger partial charge in [0.1, 0.15) is 17.3 Å². The molecule has 1 heterocycles. The SMILES string of the molecule is C#CCCl.ClCCl.Fc1cc(C(F)(F)F)ccc1-c1cc(CCl)on1.O/N=C/c1ccc(C(F)(F)F)cc1F.[Na+].[O-]Cl. The Hall–Kier alpha value is -1.47. The van der Waals surface area contributed by atoms with Crippen molar-refractivity contribution in [3.8, 4) is 23.6 Å². The fourth-order valence-electron chi connectivity index (χ4n) is 2.27. The van der Waals surface area contributed by atoms with E-state index in [4.69, 9.17) is 60.8 Å². The van der Waals surface area contributed by atoms with Gasteiger partial charge in [0, 0.05) is 17.2 Å². The second-order valence-corrected chi connectivity index (χ2v) is 7.76. The van der Waals surface area contributed by atoms with E-state index in [2.05, 4.69) is 34.5 Å². The van der Waals surface area contributed by atoms with Crippen molar-refractivity contribution in [1.29, 1.82) is 0 Å². The summed E-state index contributed by atoms with van der Waals surface area (Å²) in [7, 11) is 0. The average molecular weight is 721 g/mol. The number of alkyl halides is 10. The minimum atomic E-state index is -4.58. The van der Waals surface area contributed by atoms with Gasteiger partial charge in [0.05, 0.1) is 34.4 Å². The normalized spacial score (nSPS) is 10.2. The molecule has 0 spiro atoms. The van der Waals surface area contributed by atoms with Crippen molar-refractivity contribution >= 4 is 64.5 Å². The van der Waals surface area contributed by atoms with Gasteiger partial charge in [-0.15, -0.1) is 52.8 Å². The van der Waals surface area contributed by atoms with Crippen molar-refractivity contribution in [2.45, 2.75) is 18.2 Å². The molecule has 1 aromatic heterocycles. The van der Waals surface area contributed by atoms with Crippen LogP contribution in [0.2, 0.25) is 0 Å².